The smallest absolute Gasteiger partial charge is 0.337 e. The van der Waals surface area contributed by atoms with E-state index in [-0.39, 0.29) is 5.97 Å². The monoisotopic (exact) mass is 434 g/mol. The number of methoxy groups -OCH3 is 1. The van der Waals surface area contributed by atoms with Crippen LogP contribution in [-0.4, -0.2) is 46.2 Å². The average molecular weight is 435 g/mol. The standard InChI is InChI=1S/C23H27N7O2/c1-24-20-19-21(27-13-26-19)29-23(28-20)25-10-5-11-30-17-7-4-3-6-15(17)16-12-14(22(31)32-2)8-9-18(16)30/h8-9,12-13H,3-7,10-11H2,1-2H3,(H3,24,25,26,27,28,29)/p+1. The van der Waals surface area contributed by atoms with Gasteiger partial charge in [-0.15, -0.1) is 0 Å². The minimum Gasteiger partial charge on any atom is -0.465 e. The number of nitrogens with one attached hydrogen (secondary N) is 4. The molecule has 4 aromatic rings. The van der Waals surface area contributed by atoms with Gasteiger partial charge in [0.15, 0.2) is 12.1 Å². The summed E-state index contributed by atoms with van der Waals surface area (Å²) in [5, 5.41) is 7.64. The molecule has 166 valence electrons. The molecular formula is C23H28N7O2+. The molecule has 1 aromatic carbocycles. The number of fused-ring (bicyclic) bond motifs is 4. The Bertz CT molecular complexity index is 1290. The maximum atomic E-state index is 12.0. The molecule has 0 radical (unpaired) electrons. The zero-order chi connectivity index (χ0) is 22.1. The van der Waals surface area contributed by atoms with Gasteiger partial charge in [-0.3, -0.25) is 4.98 Å². The van der Waals surface area contributed by atoms with Crippen molar-refractivity contribution < 1.29 is 14.5 Å². The van der Waals surface area contributed by atoms with Crippen LogP contribution in [0.1, 0.15) is 40.9 Å². The van der Waals surface area contributed by atoms with Crippen molar-refractivity contribution in [3.8, 4) is 0 Å². The van der Waals surface area contributed by atoms with Gasteiger partial charge in [0.2, 0.25) is 5.52 Å². The van der Waals surface area contributed by atoms with Crippen LogP contribution >= 0.6 is 0 Å². The summed E-state index contributed by atoms with van der Waals surface area (Å²) in [6, 6.07) is 5.92. The van der Waals surface area contributed by atoms with E-state index in [1.165, 1.54) is 42.1 Å². The third kappa shape index (κ3) is 3.53. The normalized spacial score (nSPS) is 13.3. The molecule has 0 amide bonds. The van der Waals surface area contributed by atoms with Crippen LogP contribution in [0.2, 0.25) is 0 Å². The molecule has 3 aromatic heterocycles. The molecule has 3 heterocycles. The number of esters is 1. The van der Waals surface area contributed by atoms with Gasteiger partial charge in [0.05, 0.1) is 12.7 Å². The molecule has 0 unspecified atom stereocenters. The van der Waals surface area contributed by atoms with Crippen LogP contribution in [0.25, 0.3) is 22.1 Å². The van der Waals surface area contributed by atoms with Crippen LogP contribution in [0.5, 0.6) is 0 Å². The fraction of sp³-hybridized carbons (Fsp3) is 0.391. The Morgan fingerprint density at radius 2 is 2.16 bits per heavy atom. The summed E-state index contributed by atoms with van der Waals surface area (Å²) < 4.78 is 7.35. The number of hydrogen-bond donors (Lipinski definition) is 3. The van der Waals surface area contributed by atoms with Crippen molar-refractivity contribution in [1.82, 2.24) is 19.5 Å². The number of ether oxygens (including phenoxy) is 1. The Labute approximate surface area is 185 Å². The number of benzene rings is 1. The number of rotatable bonds is 7. The van der Waals surface area contributed by atoms with Gasteiger partial charge in [0, 0.05) is 36.7 Å². The van der Waals surface area contributed by atoms with E-state index in [1.807, 2.05) is 19.2 Å². The van der Waals surface area contributed by atoms with E-state index in [9.17, 15) is 4.79 Å². The quantitative estimate of drug-likeness (QED) is 0.305. The molecule has 0 aliphatic heterocycles. The Morgan fingerprint density at radius 1 is 1.28 bits per heavy atom. The molecule has 1 aliphatic carbocycles. The first-order valence-corrected chi connectivity index (χ1v) is 11.1. The first-order valence-electron chi connectivity index (χ1n) is 11.1. The van der Waals surface area contributed by atoms with Crippen LogP contribution < -0.4 is 15.6 Å². The lowest BCUT2D eigenvalue weighted by atomic mass is 9.95. The predicted octanol–water partition coefficient (Wildman–Crippen LogP) is 2.94. The maximum absolute atomic E-state index is 12.0. The molecule has 0 atom stereocenters. The maximum Gasteiger partial charge on any atom is 0.337 e. The summed E-state index contributed by atoms with van der Waals surface area (Å²) in [6.45, 7) is 1.65. The topological polar surface area (TPSA) is 111 Å². The number of aromatic nitrogens is 5. The van der Waals surface area contributed by atoms with Crippen LogP contribution in [0.4, 0.5) is 11.8 Å². The molecule has 9 nitrogen and oxygen atoms in total. The van der Waals surface area contributed by atoms with Crippen molar-refractivity contribution in [2.24, 2.45) is 0 Å². The van der Waals surface area contributed by atoms with E-state index in [4.69, 9.17) is 4.74 Å². The Balaban J connectivity index is 1.35. The van der Waals surface area contributed by atoms with Gasteiger partial charge in [0.25, 0.3) is 0 Å². The number of aromatic amines is 2. The van der Waals surface area contributed by atoms with Gasteiger partial charge >= 0.3 is 17.6 Å². The van der Waals surface area contributed by atoms with E-state index in [0.29, 0.717) is 11.5 Å². The molecule has 5 rings (SSSR count). The molecule has 32 heavy (non-hydrogen) atoms. The summed E-state index contributed by atoms with van der Waals surface area (Å²) in [7, 11) is 3.27. The lowest BCUT2D eigenvalue weighted by Gasteiger charge is -2.16. The predicted molar refractivity (Wildman–Crippen MR) is 123 cm³/mol. The number of hydrogen-bond acceptors (Lipinski definition) is 6. The Kier molecular flexibility index (Phi) is 5.38. The van der Waals surface area contributed by atoms with Crippen molar-refractivity contribution in [3.63, 3.8) is 0 Å². The van der Waals surface area contributed by atoms with Gasteiger partial charge in [-0.25, -0.2) is 9.78 Å². The molecule has 9 heteroatoms. The molecule has 1 aliphatic rings. The number of carbonyl (C=O) groups excluding carboxylic acids is 1. The van der Waals surface area contributed by atoms with E-state index in [2.05, 4.69) is 41.2 Å². The van der Waals surface area contributed by atoms with Gasteiger partial charge in [0.1, 0.15) is 0 Å². The van der Waals surface area contributed by atoms with Crippen LogP contribution in [0.3, 0.4) is 0 Å². The molecule has 0 spiro atoms. The van der Waals surface area contributed by atoms with E-state index < -0.39 is 0 Å². The molecule has 0 bridgehead atoms. The summed E-state index contributed by atoms with van der Waals surface area (Å²) >= 11 is 0. The number of anilines is 2. The second-order valence-electron chi connectivity index (χ2n) is 8.09. The second kappa shape index (κ2) is 8.49. The highest BCUT2D eigenvalue weighted by Crippen LogP contribution is 2.33. The summed E-state index contributed by atoms with van der Waals surface area (Å²) in [4.78, 5) is 27.3. The first-order chi connectivity index (χ1) is 15.7. The minimum absolute atomic E-state index is 0.286. The molecule has 4 N–H and O–H groups in total. The molecule has 0 saturated heterocycles. The van der Waals surface area contributed by atoms with Crippen molar-refractivity contribution in [3.05, 3.63) is 41.3 Å². The fourth-order valence-electron chi connectivity index (χ4n) is 4.71. The van der Waals surface area contributed by atoms with Crippen molar-refractivity contribution >= 4 is 39.8 Å². The van der Waals surface area contributed by atoms with Gasteiger partial charge in [-0.1, -0.05) is 4.98 Å². The summed E-state index contributed by atoms with van der Waals surface area (Å²) in [6.07, 6.45) is 7.23. The number of carbonyl (C=O) groups is 1. The van der Waals surface area contributed by atoms with E-state index in [1.54, 1.807) is 6.33 Å². The highest BCUT2D eigenvalue weighted by molar-refractivity contribution is 5.96. The lowest BCUT2D eigenvalue weighted by Crippen LogP contribution is -2.13. The SMILES string of the molecule is CNc1nc(NCCCn2c3c(c4cc(C(=O)OC)ccc42)CCCC3)nc2[nH+]c[nH]c12. The average Bonchev–Trinajstić information content (AvgIpc) is 3.43. The Morgan fingerprint density at radius 3 is 3.00 bits per heavy atom. The molecular weight excluding hydrogens is 406 g/mol. The van der Waals surface area contributed by atoms with Gasteiger partial charge in [-0.2, -0.15) is 4.98 Å². The number of nitrogens with zero attached hydrogens (tertiary/aromatic N) is 3. The minimum atomic E-state index is -0.286. The summed E-state index contributed by atoms with van der Waals surface area (Å²) in [5.41, 5.74) is 6.22. The molecule has 0 saturated carbocycles. The van der Waals surface area contributed by atoms with Crippen LogP contribution in [-0.2, 0) is 24.1 Å². The van der Waals surface area contributed by atoms with E-state index in [0.717, 1.165) is 49.3 Å². The Hall–Kier alpha value is -3.62. The van der Waals surface area contributed by atoms with Crippen LogP contribution in [0.15, 0.2) is 24.5 Å². The number of aryl methyl sites for hydroxylation is 2. The zero-order valence-electron chi connectivity index (χ0n) is 18.4. The van der Waals surface area contributed by atoms with Crippen molar-refractivity contribution in [2.45, 2.75) is 38.6 Å². The van der Waals surface area contributed by atoms with Crippen molar-refractivity contribution in [2.75, 3.05) is 31.3 Å². The van der Waals surface area contributed by atoms with Gasteiger partial charge in [-0.05, 0) is 55.9 Å². The second-order valence-corrected chi connectivity index (χ2v) is 8.09. The highest BCUT2D eigenvalue weighted by atomic mass is 16.5. The molecule has 0 fully saturated rings. The van der Waals surface area contributed by atoms with E-state index >= 15 is 0 Å². The zero-order valence-corrected chi connectivity index (χ0v) is 18.4. The van der Waals surface area contributed by atoms with Gasteiger partial charge < -0.3 is 19.9 Å². The van der Waals surface area contributed by atoms with Crippen LogP contribution in [0, 0.1) is 0 Å². The third-order valence-electron chi connectivity index (χ3n) is 6.21. The first kappa shape index (κ1) is 20.3. The lowest BCUT2D eigenvalue weighted by molar-refractivity contribution is -0.347. The number of imidazole rings is 1. The largest absolute Gasteiger partial charge is 0.465 e. The summed E-state index contributed by atoms with van der Waals surface area (Å²) in [5.74, 6) is 1.07. The van der Waals surface area contributed by atoms with Crippen molar-refractivity contribution in [1.29, 1.82) is 0 Å². The number of H-pyrrole nitrogens is 2. The fourth-order valence-corrected chi connectivity index (χ4v) is 4.71. The highest BCUT2D eigenvalue weighted by Gasteiger charge is 2.21. The third-order valence-corrected chi connectivity index (χ3v) is 6.21.